The minimum Gasteiger partial charge on any atom is -0.377 e. The number of hydrogen-bond donors (Lipinski definition) is 1. The van der Waals surface area contributed by atoms with E-state index in [1.807, 2.05) is 19.1 Å². The van der Waals surface area contributed by atoms with Crippen LogP contribution in [0.15, 0.2) is 12.2 Å². The van der Waals surface area contributed by atoms with Crippen molar-refractivity contribution in [2.24, 2.45) is 5.92 Å². The molecule has 0 aromatic heterocycles. The minimum absolute atomic E-state index is 0.758. The molecule has 0 spiro atoms. The van der Waals surface area contributed by atoms with Crippen molar-refractivity contribution in [3.63, 3.8) is 0 Å². The third-order valence-electron chi connectivity index (χ3n) is 2.14. The molecule has 0 aliphatic carbocycles. The molecule has 0 saturated heterocycles. The Morgan fingerprint density at radius 3 is 2.67 bits per heavy atom. The summed E-state index contributed by atoms with van der Waals surface area (Å²) in [5.74, 6) is 0.758. The molecular weight excluding hydrogens is 186 g/mol. The maximum atomic E-state index is 5.41. The van der Waals surface area contributed by atoms with Crippen LogP contribution in [0.4, 0.5) is 0 Å². The highest BCUT2D eigenvalue weighted by Crippen LogP contribution is 1.95. The lowest BCUT2D eigenvalue weighted by Crippen LogP contribution is -2.20. The van der Waals surface area contributed by atoms with Gasteiger partial charge >= 0.3 is 0 Å². The maximum absolute atomic E-state index is 5.41. The van der Waals surface area contributed by atoms with E-state index in [0.29, 0.717) is 0 Å². The van der Waals surface area contributed by atoms with Crippen molar-refractivity contribution in [3.05, 3.63) is 12.2 Å². The first-order valence-corrected chi connectivity index (χ1v) is 6.17. The monoisotopic (exact) mass is 213 g/mol. The lowest BCUT2D eigenvalue weighted by Gasteiger charge is -2.06. The molecule has 0 fully saturated rings. The van der Waals surface area contributed by atoms with E-state index in [1.165, 1.54) is 19.3 Å². The fraction of sp³-hybridized carbons (Fsp3) is 0.846. The Balaban J connectivity index is 2.92. The summed E-state index contributed by atoms with van der Waals surface area (Å²) in [5.41, 5.74) is 0. The summed E-state index contributed by atoms with van der Waals surface area (Å²) >= 11 is 0. The topological polar surface area (TPSA) is 21.3 Å². The lowest BCUT2D eigenvalue weighted by atomic mass is 10.2. The van der Waals surface area contributed by atoms with Crippen LogP contribution in [0.25, 0.3) is 0 Å². The maximum Gasteiger partial charge on any atom is 0.0647 e. The van der Waals surface area contributed by atoms with E-state index in [4.69, 9.17) is 4.74 Å². The number of unbranched alkanes of at least 4 members (excludes halogenated alkanes) is 2. The van der Waals surface area contributed by atoms with Crippen LogP contribution >= 0.6 is 0 Å². The Morgan fingerprint density at radius 2 is 2.00 bits per heavy atom. The molecule has 0 rings (SSSR count). The van der Waals surface area contributed by atoms with Crippen LogP contribution in [0.2, 0.25) is 0 Å². The van der Waals surface area contributed by atoms with Crippen LogP contribution in [-0.2, 0) is 4.74 Å². The van der Waals surface area contributed by atoms with Gasteiger partial charge < -0.3 is 10.1 Å². The zero-order valence-electron chi connectivity index (χ0n) is 10.6. The fourth-order valence-electron chi connectivity index (χ4n) is 1.27. The zero-order valence-corrected chi connectivity index (χ0v) is 10.6. The molecule has 0 saturated carbocycles. The van der Waals surface area contributed by atoms with Gasteiger partial charge in [0.2, 0.25) is 0 Å². The molecule has 2 heteroatoms. The van der Waals surface area contributed by atoms with Crippen molar-refractivity contribution in [3.8, 4) is 0 Å². The molecule has 0 aromatic rings. The first kappa shape index (κ1) is 14.7. The summed E-state index contributed by atoms with van der Waals surface area (Å²) in [6.45, 7) is 10.4. The van der Waals surface area contributed by atoms with Crippen molar-refractivity contribution < 1.29 is 4.74 Å². The standard InChI is InChI=1S/C13H27NO/c1-4-5-10-15-11-8-6-7-9-14-12-13(2)3/h4-5,13-14H,6-12H2,1-3H3. The highest BCUT2D eigenvalue weighted by molar-refractivity contribution is 4.75. The van der Waals surface area contributed by atoms with Gasteiger partial charge in [-0.1, -0.05) is 26.0 Å². The summed E-state index contributed by atoms with van der Waals surface area (Å²) in [7, 11) is 0. The van der Waals surface area contributed by atoms with Gasteiger partial charge in [-0.15, -0.1) is 0 Å². The van der Waals surface area contributed by atoms with Gasteiger partial charge in [-0.3, -0.25) is 0 Å². The third kappa shape index (κ3) is 13.7. The lowest BCUT2D eigenvalue weighted by molar-refractivity contribution is 0.157. The molecule has 1 N–H and O–H groups in total. The predicted molar refractivity (Wildman–Crippen MR) is 67.2 cm³/mol. The molecule has 0 heterocycles. The third-order valence-corrected chi connectivity index (χ3v) is 2.14. The first-order chi connectivity index (χ1) is 7.27. The van der Waals surface area contributed by atoms with Crippen LogP contribution in [0.3, 0.4) is 0 Å². The molecule has 0 atom stereocenters. The van der Waals surface area contributed by atoms with E-state index in [9.17, 15) is 0 Å². The van der Waals surface area contributed by atoms with Crippen LogP contribution in [0, 0.1) is 5.92 Å². The van der Waals surface area contributed by atoms with E-state index >= 15 is 0 Å². The summed E-state index contributed by atoms with van der Waals surface area (Å²) in [6, 6.07) is 0. The second kappa shape index (κ2) is 11.7. The van der Waals surface area contributed by atoms with Crippen molar-refractivity contribution in [1.29, 1.82) is 0 Å². The average molecular weight is 213 g/mol. The highest BCUT2D eigenvalue weighted by Gasteiger charge is 1.93. The van der Waals surface area contributed by atoms with Gasteiger partial charge in [-0.2, -0.15) is 0 Å². The Kier molecular flexibility index (Phi) is 11.5. The molecule has 0 aliphatic rings. The summed E-state index contributed by atoms with van der Waals surface area (Å²) in [6.07, 6.45) is 7.78. The van der Waals surface area contributed by atoms with Crippen molar-refractivity contribution in [2.75, 3.05) is 26.3 Å². The number of ether oxygens (including phenoxy) is 1. The van der Waals surface area contributed by atoms with Gasteiger partial charge in [0.05, 0.1) is 6.61 Å². The van der Waals surface area contributed by atoms with Crippen LogP contribution in [-0.4, -0.2) is 26.3 Å². The largest absolute Gasteiger partial charge is 0.377 e. The van der Waals surface area contributed by atoms with Gasteiger partial charge in [0.15, 0.2) is 0 Å². The van der Waals surface area contributed by atoms with E-state index in [-0.39, 0.29) is 0 Å². The molecule has 2 nitrogen and oxygen atoms in total. The van der Waals surface area contributed by atoms with Gasteiger partial charge in [-0.25, -0.2) is 0 Å². The average Bonchev–Trinajstić information content (AvgIpc) is 2.20. The molecular formula is C13H27NO. The number of allylic oxidation sites excluding steroid dienone is 1. The summed E-state index contributed by atoms with van der Waals surface area (Å²) < 4.78 is 5.41. The molecule has 0 bridgehead atoms. The van der Waals surface area contributed by atoms with Crippen molar-refractivity contribution in [2.45, 2.75) is 40.0 Å². The molecule has 90 valence electrons. The Hall–Kier alpha value is -0.340. The van der Waals surface area contributed by atoms with E-state index < -0.39 is 0 Å². The molecule has 0 radical (unpaired) electrons. The number of rotatable bonds is 10. The molecule has 15 heavy (non-hydrogen) atoms. The second-order valence-electron chi connectivity index (χ2n) is 4.30. The Labute approximate surface area is 95.1 Å². The predicted octanol–water partition coefficient (Wildman–Crippen LogP) is 3.00. The van der Waals surface area contributed by atoms with Crippen LogP contribution < -0.4 is 5.32 Å². The van der Waals surface area contributed by atoms with Gasteiger partial charge in [0, 0.05) is 6.61 Å². The molecule has 0 unspecified atom stereocenters. The quantitative estimate of drug-likeness (QED) is 0.445. The van der Waals surface area contributed by atoms with Crippen molar-refractivity contribution >= 4 is 0 Å². The first-order valence-electron chi connectivity index (χ1n) is 6.17. The van der Waals surface area contributed by atoms with Gasteiger partial charge in [0.25, 0.3) is 0 Å². The molecule has 0 aromatic carbocycles. The SMILES string of the molecule is CC=CCOCCCCCNCC(C)C. The van der Waals surface area contributed by atoms with E-state index in [2.05, 4.69) is 19.2 Å². The summed E-state index contributed by atoms with van der Waals surface area (Å²) in [4.78, 5) is 0. The van der Waals surface area contributed by atoms with Crippen LogP contribution in [0.5, 0.6) is 0 Å². The number of hydrogen-bond acceptors (Lipinski definition) is 2. The molecule has 0 aliphatic heterocycles. The molecule has 0 amide bonds. The Morgan fingerprint density at radius 1 is 1.20 bits per heavy atom. The second-order valence-corrected chi connectivity index (χ2v) is 4.30. The summed E-state index contributed by atoms with van der Waals surface area (Å²) in [5, 5.41) is 3.44. The van der Waals surface area contributed by atoms with Crippen LogP contribution in [0.1, 0.15) is 40.0 Å². The fourth-order valence-corrected chi connectivity index (χ4v) is 1.27. The minimum atomic E-state index is 0.758. The highest BCUT2D eigenvalue weighted by atomic mass is 16.5. The van der Waals surface area contributed by atoms with Crippen molar-refractivity contribution in [1.82, 2.24) is 5.32 Å². The smallest absolute Gasteiger partial charge is 0.0647 e. The van der Waals surface area contributed by atoms with E-state index in [1.54, 1.807) is 0 Å². The Bertz CT molecular complexity index is 143. The number of nitrogens with one attached hydrogen (secondary N) is 1. The van der Waals surface area contributed by atoms with Gasteiger partial charge in [0.1, 0.15) is 0 Å². The van der Waals surface area contributed by atoms with Gasteiger partial charge in [-0.05, 0) is 45.2 Å². The van der Waals surface area contributed by atoms with E-state index in [0.717, 1.165) is 32.2 Å². The zero-order chi connectivity index (χ0) is 11.4. The normalized spacial score (nSPS) is 11.7.